The van der Waals surface area contributed by atoms with Crippen molar-refractivity contribution in [3.8, 4) is 0 Å². The predicted octanol–water partition coefficient (Wildman–Crippen LogP) is 3.34. The van der Waals surface area contributed by atoms with Gasteiger partial charge in [0.2, 0.25) is 0 Å². The summed E-state index contributed by atoms with van der Waals surface area (Å²) in [6.07, 6.45) is 14.5. The number of nitrogens with two attached hydrogens (primary N) is 1. The van der Waals surface area contributed by atoms with Gasteiger partial charge in [0.15, 0.2) is 0 Å². The highest BCUT2D eigenvalue weighted by Gasteiger charge is 2.11. The van der Waals surface area contributed by atoms with Crippen LogP contribution in [-0.2, 0) is 10.7 Å². The van der Waals surface area contributed by atoms with Crippen LogP contribution in [0.3, 0.4) is 0 Å². The lowest BCUT2D eigenvalue weighted by atomic mass is 10.0. The molecule has 0 spiro atoms. The topological polar surface area (TPSA) is 89.3 Å². The average Bonchev–Trinajstić information content (AvgIpc) is 2.43. The molecule has 1 unspecified atom stereocenters. The van der Waals surface area contributed by atoms with E-state index in [-0.39, 0.29) is 11.8 Å². The molecule has 0 saturated carbocycles. The summed E-state index contributed by atoms with van der Waals surface area (Å²) in [6, 6.07) is -0.984. The second kappa shape index (κ2) is 15.1. The smallest absolute Gasteiger partial charge is 0.312 e. The van der Waals surface area contributed by atoms with Crippen molar-refractivity contribution in [1.82, 2.24) is 5.32 Å². The van der Waals surface area contributed by atoms with E-state index in [9.17, 15) is 13.2 Å². The number of carbonyl (C=O) groups is 1. The van der Waals surface area contributed by atoms with E-state index in [0.717, 1.165) is 12.8 Å². The van der Waals surface area contributed by atoms with Crippen molar-refractivity contribution in [3.05, 3.63) is 0 Å². The molecule has 0 aliphatic rings. The number of amides is 2. The van der Waals surface area contributed by atoms with Gasteiger partial charge >= 0.3 is 6.03 Å². The quantitative estimate of drug-likeness (QED) is 0.317. The molecule has 0 rings (SSSR count). The summed E-state index contributed by atoms with van der Waals surface area (Å²) in [7, 11) is -2.48. The fourth-order valence-electron chi connectivity index (χ4n) is 2.65. The highest BCUT2D eigenvalue weighted by atomic mass is 32.2. The van der Waals surface area contributed by atoms with Crippen LogP contribution in [0.25, 0.3) is 0 Å². The Hall–Kier alpha value is -0.780. The Bertz CT molecular complexity index is 338. The second-order valence-electron chi connectivity index (χ2n) is 6.05. The van der Waals surface area contributed by atoms with Crippen molar-refractivity contribution < 1.29 is 13.2 Å². The monoisotopic (exact) mass is 334 g/mol. The third-order valence-corrected chi connectivity index (χ3v) is 4.61. The number of thiol groups is 1. The van der Waals surface area contributed by atoms with Crippen molar-refractivity contribution in [2.24, 2.45) is 5.73 Å². The highest BCUT2D eigenvalue weighted by molar-refractivity contribution is 7.72. The number of unbranched alkanes of at least 4 members (excludes halogenated alkanes) is 10. The lowest BCUT2D eigenvalue weighted by molar-refractivity contribution is 0.245. The molecule has 5 nitrogen and oxygen atoms in total. The van der Waals surface area contributed by atoms with E-state index in [1.54, 1.807) is 0 Å². The molecule has 0 aromatic heterocycles. The van der Waals surface area contributed by atoms with Crippen LogP contribution in [0.2, 0.25) is 0 Å². The van der Waals surface area contributed by atoms with Gasteiger partial charge in [-0.2, -0.15) is 0 Å². The molecule has 132 valence electrons. The highest BCUT2D eigenvalue weighted by Crippen LogP contribution is 2.12. The molecule has 0 bridgehead atoms. The first-order valence-corrected chi connectivity index (χ1v) is 10.1. The zero-order valence-corrected chi connectivity index (χ0v) is 14.9. The zero-order chi connectivity index (χ0) is 16.6. The van der Waals surface area contributed by atoms with Crippen LogP contribution in [0.4, 0.5) is 4.79 Å². The molecule has 0 aromatic rings. The maximum Gasteiger partial charge on any atom is 0.312 e. The van der Waals surface area contributed by atoms with E-state index in [1.807, 2.05) is 0 Å². The molecule has 6 heteroatoms. The molecular formula is C16H34N2O3S. The maximum atomic E-state index is 10.8. The van der Waals surface area contributed by atoms with E-state index in [4.69, 9.17) is 5.73 Å². The third kappa shape index (κ3) is 15.6. The van der Waals surface area contributed by atoms with Crippen LogP contribution in [0, 0.1) is 0 Å². The molecule has 0 heterocycles. The van der Waals surface area contributed by atoms with E-state index in [2.05, 4.69) is 12.2 Å². The Morgan fingerprint density at radius 3 is 1.77 bits per heavy atom. The van der Waals surface area contributed by atoms with Crippen molar-refractivity contribution in [2.75, 3.05) is 5.75 Å². The summed E-state index contributed by atoms with van der Waals surface area (Å²) in [4.78, 5) is 10.8. The predicted molar refractivity (Wildman–Crippen MR) is 92.8 cm³/mol. The van der Waals surface area contributed by atoms with E-state index in [0.29, 0.717) is 6.42 Å². The number of carbonyl (C=O) groups excluding carboxylic acids is 1. The molecule has 1 atom stereocenters. The molecule has 0 aromatic carbocycles. The Balaban J connectivity index is 3.47. The minimum atomic E-state index is -2.48. The minimum absolute atomic E-state index is 0.0178. The van der Waals surface area contributed by atoms with Crippen molar-refractivity contribution in [2.45, 2.75) is 90.0 Å². The van der Waals surface area contributed by atoms with E-state index < -0.39 is 16.7 Å². The van der Waals surface area contributed by atoms with Gasteiger partial charge in [-0.3, -0.25) is 0 Å². The lowest BCUT2D eigenvalue weighted by Gasteiger charge is -2.14. The maximum absolute atomic E-state index is 10.8. The largest absolute Gasteiger partial charge is 0.352 e. The summed E-state index contributed by atoms with van der Waals surface area (Å²) < 4.78 is 21.5. The van der Waals surface area contributed by atoms with Crippen molar-refractivity contribution in [1.29, 1.82) is 0 Å². The molecule has 2 amide bonds. The van der Waals surface area contributed by atoms with Crippen molar-refractivity contribution >= 4 is 16.7 Å². The summed E-state index contributed by atoms with van der Waals surface area (Å²) in [5.74, 6) is -0.0178. The van der Waals surface area contributed by atoms with Crippen molar-refractivity contribution in [3.63, 3.8) is 0 Å². The van der Waals surface area contributed by atoms with Crippen LogP contribution in [-0.4, -0.2) is 26.2 Å². The Kier molecular flexibility index (Phi) is 14.6. The fraction of sp³-hybridized carbons (Fsp3) is 0.938. The van der Waals surface area contributed by atoms with Gasteiger partial charge in [0, 0.05) is 6.04 Å². The number of rotatable bonds is 15. The normalized spacial score (nSPS) is 12.5. The molecule has 0 radical (unpaired) electrons. The summed E-state index contributed by atoms with van der Waals surface area (Å²) >= 11 is 0. The molecule has 0 aliphatic carbocycles. The molecule has 0 fully saturated rings. The van der Waals surface area contributed by atoms with Crippen LogP contribution in [0.1, 0.15) is 84.0 Å². The first kappa shape index (κ1) is 21.2. The van der Waals surface area contributed by atoms with Gasteiger partial charge in [0.25, 0.3) is 0 Å². The molecular weight excluding hydrogens is 300 g/mol. The van der Waals surface area contributed by atoms with Crippen LogP contribution >= 0.6 is 0 Å². The van der Waals surface area contributed by atoms with Gasteiger partial charge < -0.3 is 11.1 Å². The van der Waals surface area contributed by atoms with E-state index >= 15 is 0 Å². The Morgan fingerprint density at radius 1 is 0.909 bits per heavy atom. The van der Waals surface area contributed by atoms with Crippen LogP contribution in [0.5, 0.6) is 0 Å². The molecule has 0 saturated heterocycles. The zero-order valence-electron chi connectivity index (χ0n) is 14.0. The van der Waals surface area contributed by atoms with E-state index in [1.165, 1.54) is 57.8 Å². The second-order valence-corrected chi connectivity index (χ2v) is 7.08. The van der Waals surface area contributed by atoms with Gasteiger partial charge in [-0.15, -0.1) is 0 Å². The van der Waals surface area contributed by atoms with Gasteiger partial charge in [0.1, 0.15) is 10.7 Å². The lowest BCUT2D eigenvalue weighted by Crippen LogP contribution is -2.41. The summed E-state index contributed by atoms with van der Waals surface area (Å²) in [5.41, 5.74) is 5.05. The fourth-order valence-corrected chi connectivity index (χ4v) is 3.28. The first-order chi connectivity index (χ1) is 10.6. The molecule has 3 N–H and O–H groups in total. The first-order valence-electron chi connectivity index (χ1n) is 8.74. The average molecular weight is 335 g/mol. The standard InChI is InChI=1S/C16H34N2O3S/c1-2-3-4-5-6-7-8-9-10-11-12-13-15(14-22(20)21)18-16(17)19/h15,22H,2-14H2,1H3,(H3,17,18,19). The molecule has 0 aliphatic heterocycles. The van der Waals surface area contributed by atoms with Crippen LogP contribution in [0.15, 0.2) is 0 Å². The number of primary amides is 1. The number of nitrogens with one attached hydrogen (secondary N) is 1. The van der Waals surface area contributed by atoms with Gasteiger partial charge in [-0.05, 0) is 6.42 Å². The SMILES string of the molecule is CCCCCCCCCCCCCC(C[SH](=O)=O)NC(N)=O. The van der Waals surface area contributed by atoms with Gasteiger partial charge in [-0.25, -0.2) is 13.2 Å². The Morgan fingerprint density at radius 2 is 1.36 bits per heavy atom. The summed E-state index contributed by atoms with van der Waals surface area (Å²) in [6.45, 7) is 2.23. The van der Waals surface area contributed by atoms with Gasteiger partial charge in [-0.1, -0.05) is 77.6 Å². The third-order valence-electron chi connectivity index (χ3n) is 3.87. The summed E-state index contributed by atoms with van der Waals surface area (Å²) in [5, 5.41) is 2.50. The van der Waals surface area contributed by atoms with Crippen LogP contribution < -0.4 is 11.1 Å². The number of hydrogen-bond donors (Lipinski definition) is 3. The molecule has 22 heavy (non-hydrogen) atoms. The number of hydrogen-bond acceptors (Lipinski definition) is 3. The minimum Gasteiger partial charge on any atom is -0.352 e. The number of urea groups is 1. The van der Waals surface area contributed by atoms with Gasteiger partial charge in [0.05, 0.1) is 5.75 Å². The Labute approximate surface area is 137 Å².